The molecule has 0 aliphatic carbocycles. The van der Waals surface area contributed by atoms with E-state index in [1.54, 1.807) is 0 Å². The molecule has 0 aromatic heterocycles. The highest BCUT2D eigenvalue weighted by atomic mass is 16.3. The zero-order valence-corrected chi connectivity index (χ0v) is 19.7. The van der Waals surface area contributed by atoms with Crippen molar-refractivity contribution in [1.29, 1.82) is 0 Å². The van der Waals surface area contributed by atoms with Crippen molar-refractivity contribution < 1.29 is 10.2 Å². The van der Waals surface area contributed by atoms with E-state index in [0.717, 1.165) is 46.2 Å². The number of phenolic OH excluding ortho intramolecular Hbond substituents is 2. The summed E-state index contributed by atoms with van der Waals surface area (Å²) in [6.45, 7) is 17.3. The average molecular weight is 397 g/mol. The lowest BCUT2D eigenvalue weighted by atomic mass is 9.80. The molecule has 1 unspecified atom stereocenters. The molecule has 0 amide bonds. The largest absolute Gasteiger partial charge is 0.507 e. The zero-order valence-electron chi connectivity index (χ0n) is 19.7. The van der Waals surface area contributed by atoms with Crippen LogP contribution in [0.3, 0.4) is 0 Å². The van der Waals surface area contributed by atoms with E-state index in [4.69, 9.17) is 0 Å². The van der Waals surface area contributed by atoms with Gasteiger partial charge in [-0.25, -0.2) is 0 Å². The lowest BCUT2D eigenvalue weighted by Crippen LogP contribution is -2.10. The third kappa shape index (κ3) is 6.26. The molecule has 0 spiro atoms. The van der Waals surface area contributed by atoms with Crippen molar-refractivity contribution in [3.05, 3.63) is 57.6 Å². The van der Waals surface area contributed by atoms with Crippen molar-refractivity contribution in [2.75, 3.05) is 0 Å². The van der Waals surface area contributed by atoms with E-state index in [-0.39, 0.29) is 5.92 Å². The maximum absolute atomic E-state index is 10.9. The predicted octanol–water partition coefficient (Wildman–Crippen LogP) is 7.71. The van der Waals surface area contributed by atoms with E-state index in [2.05, 4.69) is 53.7 Å². The molecule has 0 saturated carbocycles. The van der Waals surface area contributed by atoms with Crippen LogP contribution in [0.1, 0.15) is 92.7 Å². The van der Waals surface area contributed by atoms with Crippen molar-refractivity contribution in [3.63, 3.8) is 0 Å². The smallest absolute Gasteiger partial charge is 0.122 e. The average Bonchev–Trinajstić information content (AvgIpc) is 2.60. The minimum Gasteiger partial charge on any atom is -0.507 e. The first-order valence-electron chi connectivity index (χ1n) is 11.0. The van der Waals surface area contributed by atoms with Gasteiger partial charge in [0.15, 0.2) is 0 Å². The van der Waals surface area contributed by atoms with Crippen LogP contribution in [0.25, 0.3) is 0 Å². The number of aryl methyl sites for hydroxylation is 4. The summed E-state index contributed by atoms with van der Waals surface area (Å²) < 4.78 is 0. The van der Waals surface area contributed by atoms with Gasteiger partial charge in [0.05, 0.1) is 0 Å². The van der Waals surface area contributed by atoms with Gasteiger partial charge >= 0.3 is 0 Å². The number of benzene rings is 2. The molecule has 2 nitrogen and oxygen atoms in total. The van der Waals surface area contributed by atoms with Crippen molar-refractivity contribution >= 4 is 0 Å². The van der Waals surface area contributed by atoms with Crippen molar-refractivity contribution in [3.8, 4) is 11.5 Å². The molecule has 160 valence electrons. The second-order valence-electron chi connectivity index (χ2n) is 10.4. The lowest BCUT2D eigenvalue weighted by Gasteiger charge is -2.25. The van der Waals surface area contributed by atoms with Gasteiger partial charge in [-0.2, -0.15) is 0 Å². The number of hydrogen-bond donors (Lipinski definition) is 2. The van der Waals surface area contributed by atoms with Crippen LogP contribution in [-0.2, 0) is 0 Å². The maximum Gasteiger partial charge on any atom is 0.122 e. The lowest BCUT2D eigenvalue weighted by molar-refractivity contribution is 0.318. The summed E-state index contributed by atoms with van der Waals surface area (Å²) in [6, 6.07) is 8.21. The van der Waals surface area contributed by atoms with E-state index >= 15 is 0 Å². The SMILES string of the molecule is Cc1cc(C)c(O)c(C(CCC(C)CCC(C)(C)C)c2cc(C)cc(C)c2O)c1. The van der Waals surface area contributed by atoms with E-state index in [0.29, 0.717) is 22.8 Å². The van der Waals surface area contributed by atoms with Gasteiger partial charge in [0.1, 0.15) is 11.5 Å². The topological polar surface area (TPSA) is 40.5 Å². The Bertz CT molecular complexity index is 785. The Balaban J connectivity index is 2.40. The summed E-state index contributed by atoms with van der Waals surface area (Å²) in [5, 5.41) is 21.8. The minimum absolute atomic E-state index is 0.00992. The first kappa shape index (κ1) is 23.3. The molecule has 2 aromatic carbocycles. The fourth-order valence-electron chi connectivity index (χ4n) is 4.27. The molecule has 2 aromatic rings. The van der Waals surface area contributed by atoms with E-state index < -0.39 is 0 Å². The molecule has 2 N–H and O–H groups in total. The van der Waals surface area contributed by atoms with Crippen LogP contribution in [0.5, 0.6) is 11.5 Å². The molecule has 0 radical (unpaired) electrons. The Morgan fingerprint density at radius 1 is 0.724 bits per heavy atom. The highest BCUT2D eigenvalue weighted by Crippen LogP contribution is 2.43. The van der Waals surface area contributed by atoms with Crippen LogP contribution in [0.15, 0.2) is 24.3 Å². The number of phenols is 2. The molecule has 29 heavy (non-hydrogen) atoms. The zero-order chi connectivity index (χ0) is 21.9. The highest BCUT2D eigenvalue weighted by molar-refractivity contribution is 5.53. The van der Waals surface area contributed by atoms with Gasteiger partial charge in [0.2, 0.25) is 0 Å². The summed E-state index contributed by atoms with van der Waals surface area (Å²) in [6.07, 6.45) is 4.40. The van der Waals surface area contributed by atoms with E-state index in [9.17, 15) is 10.2 Å². The molecular weight excluding hydrogens is 356 g/mol. The number of aromatic hydroxyl groups is 2. The Kier molecular flexibility index (Phi) is 7.43. The van der Waals surface area contributed by atoms with Crippen LogP contribution in [0.2, 0.25) is 0 Å². The van der Waals surface area contributed by atoms with Gasteiger partial charge in [-0.3, -0.25) is 0 Å². The normalized spacial score (nSPS) is 13.1. The van der Waals surface area contributed by atoms with Gasteiger partial charge in [-0.05, 0) is 69.4 Å². The quantitative estimate of drug-likeness (QED) is 0.503. The van der Waals surface area contributed by atoms with Gasteiger partial charge in [-0.15, -0.1) is 0 Å². The Morgan fingerprint density at radius 2 is 1.17 bits per heavy atom. The Morgan fingerprint density at radius 3 is 1.59 bits per heavy atom. The van der Waals surface area contributed by atoms with Crippen molar-refractivity contribution in [2.45, 2.75) is 87.0 Å². The fraction of sp³-hybridized carbons (Fsp3) is 0.556. The Labute approximate surface area is 178 Å². The molecule has 0 bridgehead atoms. The third-order valence-corrected chi connectivity index (χ3v) is 6.03. The van der Waals surface area contributed by atoms with Gasteiger partial charge < -0.3 is 10.2 Å². The first-order valence-corrected chi connectivity index (χ1v) is 11.0. The predicted molar refractivity (Wildman–Crippen MR) is 124 cm³/mol. The van der Waals surface area contributed by atoms with Crippen molar-refractivity contribution in [2.24, 2.45) is 11.3 Å². The second-order valence-corrected chi connectivity index (χ2v) is 10.4. The van der Waals surface area contributed by atoms with Crippen LogP contribution < -0.4 is 0 Å². The third-order valence-electron chi connectivity index (χ3n) is 6.03. The van der Waals surface area contributed by atoms with Gasteiger partial charge in [0.25, 0.3) is 0 Å². The van der Waals surface area contributed by atoms with Crippen LogP contribution in [0.4, 0.5) is 0 Å². The number of rotatable bonds is 7. The molecule has 0 saturated heterocycles. The molecule has 0 heterocycles. The molecule has 0 fully saturated rings. The summed E-state index contributed by atoms with van der Waals surface area (Å²) in [5.74, 6) is 1.32. The fourth-order valence-corrected chi connectivity index (χ4v) is 4.27. The molecule has 0 aliphatic heterocycles. The van der Waals surface area contributed by atoms with Gasteiger partial charge in [0, 0.05) is 17.0 Å². The monoisotopic (exact) mass is 396 g/mol. The molecule has 2 rings (SSSR count). The standard InChI is InChI=1S/C27H40O2/c1-17(11-12-27(6,7)8)9-10-22(23-15-18(2)13-20(4)25(23)28)24-16-19(3)14-21(5)26(24)29/h13-17,22,28-29H,9-12H2,1-8H3. The second kappa shape index (κ2) is 9.24. The van der Waals surface area contributed by atoms with Crippen LogP contribution >= 0.6 is 0 Å². The van der Waals surface area contributed by atoms with Crippen LogP contribution in [0, 0.1) is 39.0 Å². The summed E-state index contributed by atoms with van der Waals surface area (Å²) in [7, 11) is 0. The molecule has 1 atom stereocenters. The van der Waals surface area contributed by atoms with Crippen LogP contribution in [-0.4, -0.2) is 10.2 Å². The van der Waals surface area contributed by atoms with E-state index in [1.807, 2.05) is 26.0 Å². The van der Waals surface area contributed by atoms with Crippen molar-refractivity contribution in [1.82, 2.24) is 0 Å². The Hall–Kier alpha value is -1.96. The molecular formula is C27H40O2. The molecule has 0 aliphatic rings. The minimum atomic E-state index is -0.00992. The van der Waals surface area contributed by atoms with E-state index in [1.165, 1.54) is 12.8 Å². The van der Waals surface area contributed by atoms with Gasteiger partial charge in [-0.1, -0.05) is 69.5 Å². The molecule has 2 heteroatoms. The summed E-state index contributed by atoms with van der Waals surface area (Å²) >= 11 is 0. The highest BCUT2D eigenvalue weighted by Gasteiger charge is 2.24. The number of hydrogen-bond acceptors (Lipinski definition) is 2. The summed E-state index contributed by atoms with van der Waals surface area (Å²) in [5.41, 5.74) is 6.31. The summed E-state index contributed by atoms with van der Waals surface area (Å²) in [4.78, 5) is 0. The maximum atomic E-state index is 10.9. The first-order chi connectivity index (χ1) is 13.4.